The third kappa shape index (κ3) is 8.05. The van der Waals surface area contributed by atoms with Crippen LogP contribution in [-0.2, 0) is 31.0 Å². The van der Waals surface area contributed by atoms with Gasteiger partial charge in [0, 0.05) is 49.9 Å². The predicted molar refractivity (Wildman–Crippen MR) is 194 cm³/mol. The average molecular weight is 681 g/mol. The number of hydrogen-bond acceptors (Lipinski definition) is 8. The van der Waals surface area contributed by atoms with Crippen LogP contribution in [0, 0.1) is 0 Å². The van der Waals surface area contributed by atoms with Gasteiger partial charge in [-0.15, -0.1) is 0 Å². The fourth-order valence-corrected chi connectivity index (χ4v) is 6.15. The number of amides is 4. The van der Waals surface area contributed by atoms with E-state index < -0.39 is 17.8 Å². The number of rotatable bonds is 7. The molecule has 2 fully saturated rings. The van der Waals surface area contributed by atoms with Crippen LogP contribution in [0.25, 0.3) is 21.9 Å². The highest BCUT2D eigenvalue weighted by atomic mass is 16.5. The number of urea groups is 1. The smallest absolute Gasteiger partial charge is 0.323 e. The van der Waals surface area contributed by atoms with Crippen molar-refractivity contribution < 1.29 is 28.6 Å². The molecule has 2 saturated heterocycles. The first kappa shape index (κ1) is 34.8. The monoisotopic (exact) mass is 680 g/mol. The highest BCUT2D eigenvalue weighted by molar-refractivity contribution is 6.39. The maximum atomic E-state index is 13.6. The van der Waals surface area contributed by atoms with Gasteiger partial charge in [-0.2, -0.15) is 0 Å². The van der Waals surface area contributed by atoms with E-state index in [0.29, 0.717) is 37.7 Å². The highest BCUT2D eigenvalue weighted by Gasteiger charge is 2.27. The summed E-state index contributed by atoms with van der Waals surface area (Å²) in [6, 6.07) is 19.0. The highest BCUT2D eigenvalue weighted by Crippen LogP contribution is 2.39. The molecule has 3 aromatic carbocycles. The van der Waals surface area contributed by atoms with Gasteiger partial charge >= 0.3 is 17.8 Å². The van der Waals surface area contributed by atoms with E-state index in [1.807, 2.05) is 69.4 Å². The zero-order valence-corrected chi connectivity index (χ0v) is 29.0. The lowest BCUT2D eigenvalue weighted by molar-refractivity contribution is -0.145. The third-order valence-electron chi connectivity index (χ3n) is 8.95. The molecule has 3 heterocycles. The molecule has 3 N–H and O–H groups in total. The first-order valence-electron chi connectivity index (χ1n) is 16.9. The number of hydrogen-bond donors (Lipinski definition) is 3. The van der Waals surface area contributed by atoms with Crippen LogP contribution in [0.1, 0.15) is 32.0 Å². The van der Waals surface area contributed by atoms with Gasteiger partial charge in [0.1, 0.15) is 0 Å². The fourth-order valence-electron chi connectivity index (χ4n) is 6.15. The van der Waals surface area contributed by atoms with Crippen molar-refractivity contribution in [2.24, 2.45) is 0 Å². The molecule has 4 amide bonds. The second-order valence-electron chi connectivity index (χ2n) is 13.4. The van der Waals surface area contributed by atoms with E-state index in [2.05, 4.69) is 33.0 Å². The molecule has 0 spiro atoms. The van der Waals surface area contributed by atoms with Crippen molar-refractivity contribution in [1.82, 2.24) is 14.8 Å². The molecule has 4 aromatic rings. The van der Waals surface area contributed by atoms with Crippen LogP contribution in [0.5, 0.6) is 5.75 Å². The van der Waals surface area contributed by atoms with Crippen LogP contribution in [0.3, 0.4) is 0 Å². The zero-order chi connectivity index (χ0) is 35.3. The van der Waals surface area contributed by atoms with Crippen LogP contribution in [0.2, 0.25) is 0 Å². The van der Waals surface area contributed by atoms with Crippen molar-refractivity contribution in [1.29, 1.82) is 0 Å². The summed E-state index contributed by atoms with van der Waals surface area (Å²) in [6.45, 7) is 11.6. The molecule has 1 aromatic heterocycles. The van der Waals surface area contributed by atoms with Gasteiger partial charge < -0.3 is 35.1 Å². The minimum Gasteiger partial charge on any atom is -0.492 e. The Morgan fingerprint density at radius 3 is 2.08 bits per heavy atom. The first-order chi connectivity index (χ1) is 24.1. The lowest BCUT2D eigenvalue weighted by Gasteiger charge is -2.27. The second kappa shape index (κ2) is 15.2. The number of carbonyl (C=O) groups excluding carboxylic acids is 3. The Bertz CT molecular complexity index is 1860. The molecule has 0 atom stereocenters. The summed E-state index contributed by atoms with van der Waals surface area (Å²) in [6.07, 6.45) is 1.90. The van der Waals surface area contributed by atoms with Crippen LogP contribution in [-0.4, -0.2) is 92.3 Å². The van der Waals surface area contributed by atoms with E-state index in [1.165, 1.54) is 12.0 Å². The molecule has 50 heavy (non-hydrogen) atoms. The van der Waals surface area contributed by atoms with Gasteiger partial charge in [-0.3, -0.25) is 19.5 Å². The van der Waals surface area contributed by atoms with E-state index >= 15 is 0 Å². The molecule has 6 rings (SSSR count). The summed E-state index contributed by atoms with van der Waals surface area (Å²) < 4.78 is 16.5. The molecule has 0 bridgehead atoms. The SMILES string of the molecule is COc1c(NC(=O)Nc2ccc(-c3ccc(CN4CCOCC4)nc3)c3ccccc23)cc(C(C)(C)C)cc1NC(=O)C(=O)N1CCOCC1. The van der Waals surface area contributed by atoms with Gasteiger partial charge in [-0.1, -0.05) is 57.2 Å². The van der Waals surface area contributed by atoms with Crippen LogP contribution in [0.15, 0.2) is 66.9 Å². The zero-order valence-electron chi connectivity index (χ0n) is 29.0. The quantitative estimate of drug-likeness (QED) is 0.219. The van der Waals surface area contributed by atoms with Crippen molar-refractivity contribution >= 4 is 45.7 Å². The number of carbonyl (C=O) groups is 3. The Balaban J connectivity index is 1.22. The number of aromatic nitrogens is 1. The molecule has 12 heteroatoms. The number of methoxy groups -OCH3 is 1. The van der Waals surface area contributed by atoms with Gasteiger partial charge in [-0.25, -0.2) is 4.79 Å². The van der Waals surface area contributed by atoms with E-state index in [1.54, 1.807) is 6.07 Å². The lowest BCUT2D eigenvalue weighted by atomic mass is 9.86. The van der Waals surface area contributed by atoms with Crippen molar-refractivity contribution in [3.63, 3.8) is 0 Å². The lowest BCUT2D eigenvalue weighted by Crippen LogP contribution is -2.45. The molecule has 2 aliphatic rings. The molecular formula is C38H44N6O6. The molecule has 262 valence electrons. The summed E-state index contributed by atoms with van der Waals surface area (Å²) in [5.41, 5.74) is 4.70. The minimum atomic E-state index is -0.792. The van der Waals surface area contributed by atoms with Crippen LogP contribution >= 0.6 is 0 Å². The Hall–Kier alpha value is -5.04. The number of nitrogens with zero attached hydrogens (tertiary/aromatic N) is 3. The topological polar surface area (TPSA) is 134 Å². The summed E-state index contributed by atoms with van der Waals surface area (Å²) >= 11 is 0. The second-order valence-corrected chi connectivity index (χ2v) is 13.4. The van der Waals surface area contributed by atoms with E-state index in [0.717, 1.165) is 66.0 Å². The summed E-state index contributed by atoms with van der Waals surface area (Å²) in [5, 5.41) is 10.5. The normalized spacial score (nSPS) is 15.4. The number of morpholine rings is 2. The van der Waals surface area contributed by atoms with Gasteiger partial charge in [0.25, 0.3) is 0 Å². The van der Waals surface area contributed by atoms with Crippen molar-refractivity contribution in [3.8, 4) is 16.9 Å². The fraction of sp³-hybridized carbons (Fsp3) is 0.368. The minimum absolute atomic E-state index is 0.223. The summed E-state index contributed by atoms with van der Waals surface area (Å²) in [5.74, 6) is -1.22. The summed E-state index contributed by atoms with van der Waals surface area (Å²) in [4.78, 5) is 48.1. The Labute approximate surface area is 292 Å². The number of anilines is 3. The molecule has 0 saturated carbocycles. The molecular weight excluding hydrogens is 636 g/mol. The Morgan fingerprint density at radius 1 is 0.800 bits per heavy atom. The van der Waals surface area contributed by atoms with E-state index in [9.17, 15) is 14.4 Å². The third-order valence-corrected chi connectivity index (χ3v) is 8.95. The first-order valence-corrected chi connectivity index (χ1v) is 16.9. The maximum Gasteiger partial charge on any atom is 0.323 e. The average Bonchev–Trinajstić information content (AvgIpc) is 3.12. The Morgan fingerprint density at radius 2 is 1.44 bits per heavy atom. The van der Waals surface area contributed by atoms with Gasteiger partial charge in [-0.05, 0) is 46.2 Å². The van der Waals surface area contributed by atoms with Crippen LogP contribution < -0.4 is 20.7 Å². The number of pyridine rings is 1. The molecule has 0 radical (unpaired) electrons. The van der Waals surface area contributed by atoms with Gasteiger partial charge in [0.15, 0.2) is 5.75 Å². The number of ether oxygens (including phenoxy) is 3. The molecule has 2 aliphatic heterocycles. The van der Waals surface area contributed by atoms with E-state index in [4.69, 9.17) is 19.2 Å². The Kier molecular flexibility index (Phi) is 10.6. The number of nitrogens with one attached hydrogen (secondary N) is 3. The van der Waals surface area contributed by atoms with Crippen LogP contribution in [0.4, 0.5) is 21.9 Å². The van der Waals surface area contributed by atoms with Gasteiger partial charge in [0.05, 0.1) is 56.3 Å². The summed E-state index contributed by atoms with van der Waals surface area (Å²) in [7, 11) is 1.45. The van der Waals surface area contributed by atoms with Crippen molar-refractivity contribution in [2.75, 3.05) is 75.7 Å². The standard InChI is InChI=1S/C38H44N6O6/c1-38(2,3)26-21-32(40-35(45)36(46)44-15-19-50-20-16-44)34(48-4)33(22-26)42-37(47)41-31-12-11-28(29-7-5-6-8-30(29)31)25-9-10-27(39-23-25)24-43-13-17-49-18-14-43/h5-12,21-23H,13-20,24H2,1-4H3,(H,40,45)(H2,41,42,47). The largest absolute Gasteiger partial charge is 0.492 e. The number of benzene rings is 3. The number of fused-ring (bicyclic) bond motifs is 1. The molecule has 0 unspecified atom stereocenters. The molecule has 0 aliphatic carbocycles. The predicted octanol–water partition coefficient (Wildman–Crippen LogP) is 5.48. The van der Waals surface area contributed by atoms with Gasteiger partial charge in [0.2, 0.25) is 0 Å². The van der Waals surface area contributed by atoms with Crippen molar-refractivity contribution in [2.45, 2.75) is 32.7 Å². The van der Waals surface area contributed by atoms with Crippen molar-refractivity contribution in [3.05, 3.63) is 78.1 Å². The van der Waals surface area contributed by atoms with E-state index in [-0.39, 0.29) is 16.9 Å². The maximum absolute atomic E-state index is 13.6. The molecule has 12 nitrogen and oxygen atoms in total.